The molecule has 114 valence electrons. The molecule has 0 aromatic heterocycles. The van der Waals surface area contributed by atoms with Crippen LogP contribution in [0.15, 0.2) is 34.3 Å². The molecule has 3 N–H and O–H groups in total. The maximum atomic E-state index is 9.87. The first-order chi connectivity index (χ1) is 10.1. The minimum atomic E-state index is -0.968. The third-order valence-corrected chi connectivity index (χ3v) is 1.82. The van der Waals surface area contributed by atoms with Crippen LogP contribution in [-0.2, 0) is 27.5 Å². The van der Waals surface area contributed by atoms with Crippen molar-refractivity contribution in [2.75, 3.05) is 12.9 Å². The third kappa shape index (κ3) is 13.9. The number of carboxylic acid groups (broad SMARTS) is 1. The Kier molecular flexibility index (Phi) is 15.8. The van der Waals surface area contributed by atoms with Crippen molar-refractivity contribution in [2.24, 2.45) is 15.7 Å². The highest BCUT2D eigenvalue weighted by Gasteiger charge is 1.94. The van der Waals surface area contributed by atoms with E-state index < -0.39 is 5.97 Å². The fourth-order valence-corrected chi connectivity index (χ4v) is 1.07. The van der Waals surface area contributed by atoms with Crippen molar-refractivity contribution in [3.05, 3.63) is 35.4 Å². The number of carbonyl (C=O) groups excluding carboxylic acids is 2. The number of aliphatic imine (C=N–C) groups is 2. The number of hydrogen-bond donors (Lipinski definition) is 2. The van der Waals surface area contributed by atoms with Gasteiger partial charge in [0.2, 0.25) is 12.2 Å². The predicted molar refractivity (Wildman–Crippen MR) is 78.6 cm³/mol. The molecule has 0 aliphatic rings. The van der Waals surface area contributed by atoms with Gasteiger partial charge >= 0.3 is 5.97 Å². The first-order valence-corrected chi connectivity index (χ1v) is 6.34. The van der Waals surface area contributed by atoms with Crippen LogP contribution in [0.2, 0.25) is 0 Å². The Bertz CT molecular complexity index is 475. The van der Waals surface area contributed by atoms with Crippen molar-refractivity contribution in [3.63, 3.8) is 0 Å². The largest absolute Gasteiger partial charge is 0.480 e. The molecule has 7 nitrogen and oxygen atoms in total. The first kappa shape index (κ1) is 21.0. The van der Waals surface area contributed by atoms with Gasteiger partial charge in [-0.2, -0.15) is 0 Å². The summed E-state index contributed by atoms with van der Waals surface area (Å²) in [6, 6.07) is 7.34. The van der Waals surface area contributed by atoms with Crippen LogP contribution in [0.1, 0.15) is 11.1 Å². The number of aliphatic carboxylic acids is 1. The van der Waals surface area contributed by atoms with Crippen LogP contribution in [0.5, 0.6) is 0 Å². The zero-order valence-electron chi connectivity index (χ0n) is 11.5. The van der Waals surface area contributed by atoms with Gasteiger partial charge in [-0.1, -0.05) is 24.3 Å². The lowest BCUT2D eigenvalue weighted by Crippen LogP contribution is -2.10. The molecule has 0 spiro atoms. The number of isocyanates is 2. The second kappa shape index (κ2) is 15.8. The van der Waals surface area contributed by atoms with Gasteiger partial charge in [-0.3, -0.25) is 4.79 Å². The van der Waals surface area contributed by atoms with E-state index in [0.29, 0.717) is 13.1 Å². The average molecular weight is 314 g/mol. The van der Waals surface area contributed by atoms with Crippen LogP contribution >= 0.6 is 11.6 Å². The predicted octanol–water partition coefficient (Wildman–Crippen LogP) is 1.24. The lowest BCUT2D eigenvalue weighted by Gasteiger charge is -1.98. The molecule has 21 heavy (non-hydrogen) atoms. The van der Waals surface area contributed by atoms with E-state index in [1.807, 2.05) is 24.3 Å². The van der Waals surface area contributed by atoms with Crippen LogP contribution in [-0.4, -0.2) is 36.2 Å². The molecule has 1 aromatic rings. The van der Waals surface area contributed by atoms with E-state index in [1.54, 1.807) is 0 Å². The van der Waals surface area contributed by atoms with Crippen molar-refractivity contribution in [2.45, 2.75) is 13.1 Å². The summed E-state index contributed by atoms with van der Waals surface area (Å²) in [6.07, 6.45) is 4.41. The lowest BCUT2D eigenvalue weighted by atomic mass is 10.1. The van der Waals surface area contributed by atoms with E-state index in [4.69, 9.17) is 5.11 Å². The Morgan fingerprint density at radius 1 is 1.19 bits per heavy atom. The van der Waals surface area contributed by atoms with Gasteiger partial charge in [0.25, 0.3) is 0 Å². The van der Waals surface area contributed by atoms with Crippen molar-refractivity contribution >= 4 is 29.7 Å². The number of benzene rings is 1. The minimum Gasteiger partial charge on any atom is -0.480 e. The van der Waals surface area contributed by atoms with Gasteiger partial charge in [0.1, 0.15) is 0 Å². The van der Waals surface area contributed by atoms with Crippen molar-refractivity contribution < 1.29 is 19.5 Å². The minimum absolute atomic E-state index is 0.278. The van der Waals surface area contributed by atoms with E-state index in [1.165, 1.54) is 18.5 Å². The number of carbonyl (C=O) groups is 1. The molecule has 0 bridgehead atoms. The molecule has 0 radical (unpaired) electrons. The zero-order valence-corrected chi connectivity index (χ0v) is 12.2. The van der Waals surface area contributed by atoms with E-state index >= 15 is 0 Å². The summed E-state index contributed by atoms with van der Waals surface area (Å²) in [6.45, 7) is 0.338. The smallest absolute Gasteiger partial charge is 0.317 e. The summed E-state index contributed by atoms with van der Waals surface area (Å²) in [5, 5.41) is 7.60. The Morgan fingerprint density at radius 3 is 1.86 bits per heavy atom. The highest BCUT2D eigenvalue weighted by Crippen LogP contribution is 2.07. The van der Waals surface area contributed by atoms with Crippen LogP contribution in [0.25, 0.3) is 0 Å². The molecule has 0 unspecified atom stereocenters. The lowest BCUT2D eigenvalue weighted by molar-refractivity contribution is -0.135. The number of nitrogens with zero attached hydrogens (tertiary/aromatic N) is 2. The highest BCUT2D eigenvalue weighted by atomic mass is 35.5. The molecule has 0 saturated carbocycles. The molecule has 0 fully saturated rings. The van der Waals surface area contributed by atoms with Crippen LogP contribution < -0.4 is 5.73 Å². The second-order valence-corrected chi connectivity index (χ2v) is 3.23. The topological polar surface area (TPSA) is 122 Å². The molecule has 0 heterocycles. The second-order valence-electron chi connectivity index (χ2n) is 3.23. The Balaban J connectivity index is 0. The van der Waals surface area contributed by atoms with Crippen molar-refractivity contribution in [1.82, 2.24) is 0 Å². The van der Waals surface area contributed by atoms with E-state index in [9.17, 15) is 14.4 Å². The summed E-state index contributed by atoms with van der Waals surface area (Å²) < 4.78 is 0. The molecule has 0 saturated heterocycles. The quantitative estimate of drug-likeness (QED) is 0.481. The van der Waals surface area contributed by atoms with Gasteiger partial charge in [-0.05, 0) is 11.1 Å². The summed E-state index contributed by atoms with van der Waals surface area (Å²) in [4.78, 5) is 35.9. The van der Waals surface area contributed by atoms with Gasteiger partial charge in [0.15, 0.2) is 0 Å². The van der Waals surface area contributed by atoms with Crippen LogP contribution in [0.4, 0.5) is 0 Å². The molecule has 1 rings (SSSR count). The Morgan fingerprint density at radius 2 is 1.57 bits per heavy atom. The molecule has 0 amide bonds. The average Bonchev–Trinajstić information content (AvgIpc) is 2.53. The molecular weight excluding hydrogens is 298 g/mol. The number of alkyl halides is 1. The number of hydrogen-bond acceptors (Lipinski definition) is 6. The number of carboxylic acids is 1. The van der Waals surface area contributed by atoms with E-state index in [-0.39, 0.29) is 6.54 Å². The fourth-order valence-electron chi connectivity index (χ4n) is 1.07. The molecule has 0 aliphatic heterocycles. The molecule has 8 heteroatoms. The number of nitrogens with two attached hydrogens (primary N) is 1. The van der Waals surface area contributed by atoms with E-state index in [2.05, 4.69) is 27.3 Å². The summed E-state index contributed by atoms with van der Waals surface area (Å²) in [5.74, 6) is -0.968. The number of halogens is 1. The Labute approximate surface area is 127 Å². The van der Waals surface area contributed by atoms with Gasteiger partial charge in [0, 0.05) is 6.38 Å². The monoisotopic (exact) mass is 313 g/mol. The van der Waals surface area contributed by atoms with Crippen molar-refractivity contribution in [3.8, 4) is 0 Å². The first-order valence-electron chi connectivity index (χ1n) is 5.58. The maximum absolute atomic E-state index is 9.87. The van der Waals surface area contributed by atoms with Gasteiger partial charge in [0.05, 0.1) is 19.6 Å². The Hall–Kier alpha value is -2.30. The molecule has 0 aliphatic carbocycles. The SMILES string of the molecule is CCl.NCC(=O)O.O=C=NCc1cccc(CN=C=O)c1. The third-order valence-electron chi connectivity index (χ3n) is 1.82. The summed E-state index contributed by atoms with van der Waals surface area (Å²) in [7, 11) is 0. The maximum Gasteiger partial charge on any atom is 0.317 e. The highest BCUT2D eigenvalue weighted by molar-refractivity contribution is 6.15. The van der Waals surface area contributed by atoms with Gasteiger partial charge < -0.3 is 10.8 Å². The fraction of sp³-hybridized carbons (Fsp3) is 0.308. The van der Waals surface area contributed by atoms with E-state index in [0.717, 1.165) is 11.1 Å². The van der Waals surface area contributed by atoms with Crippen LogP contribution in [0.3, 0.4) is 0 Å². The standard InChI is InChI=1S/C10H8N2O2.C2H5NO2.CH3Cl/c13-7-11-5-9-2-1-3-10(4-9)6-12-8-14;3-1-2(4)5;1-2/h1-4H,5-6H2;1,3H2,(H,4,5);1H3. The molecule has 1 aromatic carbocycles. The summed E-state index contributed by atoms with van der Waals surface area (Å²) in [5.41, 5.74) is 6.36. The normalized spacial score (nSPS) is 7.76. The number of rotatable bonds is 5. The van der Waals surface area contributed by atoms with Crippen LogP contribution in [0, 0.1) is 0 Å². The van der Waals surface area contributed by atoms with Gasteiger partial charge in [-0.25, -0.2) is 19.6 Å². The zero-order chi connectivity index (χ0) is 16.5. The summed E-state index contributed by atoms with van der Waals surface area (Å²) >= 11 is 4.64. The molecular formula is C13H16ClN3O4. The molecule has 0 atom stereocenters. The van der Waals surface area contributed by atoms with Gasteiger partial charge in [-0.15, -0.1) is 11.6 Å². The van der Waals surface area contributed by atoms with Crippen molar-refractivity contribution in [1.29, 1.82) is 0 Å².